The Balaban J connectivity index is 1.78. The van der Waals surface area contributed by atoms with Gasteiger partial charge in [0, 0.05) is 32.7 Å². The third-order valence-corrected chi connectivity index (χ3v) is 4.62. The molecule has 0 saturated carbocycles. The van der Waals surface area contributed by atoms with Gasteiger partial charge in [-0.2, -0.15) is 0 Å². The summed E-state index contributed by atoms with van der Waals surface area (Å²) in [6, 6.07) is 5.88. The predicted molar refractivity (Wildman–Crippen MR) is 96.2 cm³/mol. The minimum atomic E-state index is -0.0187. The second-order valence-electron chi connectivity index (χ2n) is 6.85. The maximum Gasteiger partial charge on any atom is 0.251 e. The fourth-order valence-corrected chi connectivity index (χ4v) is 3.32. The minimum Gasteiger partial charge on any atom is -0.352 e. The van der Waals surface area contributed by atoms with Gasteiger partial charge < -0.3 is 10.2 Å². The van der Waals surface area contributed by atoms with Crippen molar-refractivity contribution in [3.63, 3.8) is 0 Å². The van der Waals surface area contributed by atoms with Crippen LogP contribution < -0.4 is 5.32 Å². The van der Waals surface area contributed by atoms with E-state index in [9.17, 15) is 9.59 Å². The molecule has 1 aliphatic rings. The highest BCUT2D eigenvalue weighted by Crippen LogP contribution is 2.18. The first-order chi connectivity index (χ1) is 11.4. The van der Waals surface area contributed by atoms with Crippen LogP contribution in [0.25, 0.3) is 0 Å². The summed E-state index contributed by atoms with van der Waals surface area (Å²) in [5.74, 6) is 0.168. The van der Waals surface area contributed by atoms with Crippen LogP contribution >= 0.6 is 0 Å². The fraction of sp³-hybridized carbons (Fsp3) is 0.579. The van der Waals surface area contributed by atoms with Crippen molar-refractivity contribution in [2.24, 2.45) is 0 Å². The molecule has 1 atom stereocenters. The summed E-state index contributed by atoms with van der Waals surface area (Å²) in [6.07, 6.45) is 2.86. The summed E-state index contributed by atoms with van der Waals surface area (Å²) >= 11 is 0. The highest BCUT2D eigenvalue weighted by molar-refractivity contribution is 5.95. The standard InChI is InChI=1S/C19H29N3O2/c1-14-8-9-16(15(2)13-14)18(23)20-10-6-12-22-11-5-7-17(22)19(24)21(3)4/h8-9,13,17H,5-7,10-12H2,1-4H3,(H,20,23)/t17-/m0/s1. The van der Waals surface area contributed by atoms with Crippen molar-refractivity contribution in [3.05, 3.63) is 34.9 Å². The number of rotatable bonds is 6. The van der Waals surface area contributed by atoms with Crippen LogP contribution in [0.2, 0.25) is 0 Å². The van der Waals surface area contributed by atoms with Crippen molar-refractivity contribution in [1.82, 2.24) is 15.1 Å². The number of amides is 2. The van der Waals surface area contributed by atoms with E-state index in [0.29, 0.717) is 6.54 Å². The monoisotopic (exact) mass is 331 g/mol. The van der Waals surface area contributed by atoms with Crippen molar-refractivity contribution in [2.75, 3.05) is 33.7 Å². The topological polar surface area (TPSA) is 52.7 Å². The van der Waals surface area contributed by atoms with Crippen LogP contribution in [-0.2, 0) is 4.79 Å². The van der Waals surface area contributed by atoms with Crippen molar-refractivity contribution >= 4 is 11.8 Å². The van der Waals surface area contributed by atoms with Gasteiger partial charge in [-0.1, -0.05) is 17.7 Å². The van der Waals surface area contributed by atoms with E-state index >= 15 is 0 Å². The molecule has 1 aromatic rings. The molecule has 0 unspecified atom stereocenters. The van der Waals surface area contributed by atoms with Gasteiger partial charge in [-0.3, -0.25) is 14.5 Å². The van der Waals surface area contributed by atoms with E-state index in [2.05, 4.69) is 10.2 Å². The van der Waals surface area contributed by atoms with Crippen molar-refractivity contribution in [2.45, 2.75) is 39.2 Å². The Labute approximate surface area is 145 Å². The summed E-state index contributed by atoms with van der Waals surface area (Å²) < 4.78 is 0. The van der Waals surface area contributed by atoms with E-state index in [1.165, 1.54) is 0 Å². The lowest BCUT2D eigenvalue weighted by Crippen LogP contribution is -2.43. The molecule has 5 nitrogen and oxygen atoms in total. The van der Waals surface area contributed by atoms with E-state index in [-0.39, 0.29) is 17.9 Å². The highest BCUT2D eigenvalue weighted by atomic mass is 16.2. The van der Waals surface area contributed by atoms with Gasteiger partial charge in [-0.15, -0.1) is 0 Å². The van der Waals surface area contributed by atoms with Crippen molar-refractivity contribution in [1.29, 1.82) is 0 Å². The molecule has 2 amide bonds. The van der Waals surface area contributed by atoms with E-state index in [1.807, 2.05) is 46.1 Å². The fourth-order valence-electron chi connectivity index (χ4n) is 3.32. The Morgan fingerprint density at radius 2 is 2.04 bits per heavy atom. The molecule has 5 heteroatoms. The van der Waals surface area contributed by atoms with Crippen molar-refractivity contribution in [3.8, 4) is 0 Å². The van der Waals surface area contributed by atoms with E-state index in [1.54, 1.807) is 4.90 Å². The summed E-state index contributed by atoms with van der Waals surface area (Å²) in [6.45, 7) is 6.43. The predicted octanol–water partition coefficient (Wildman–Crippen LogP) is 1.98. The molecule has 0 aromatic heterocycles. The molecule has 1 aromatic carbocycles. The van der Waals surface area contributed by atoms with Crippen molar-refractivity contribution < 1.29 is 9.59 Å². The zero-order chi connectivity index (χ0) is 17.7. The van der Waals surface area contributed by atoms with Gasteiger partial charge in [0.2, 0.25) is 5.91 Å². The molecule has 1 N–H and O–H groups in total. The average Bonchev–Trinajstić information content (AvgIpc) is 2.98. The molecule has 0 radical (unpaired) electrons. The molecule has 0 bridgehead atoms. The molecule has 1 fully saturated rings. The Kier molecular flexibility index (Phi) is 6.37. The lowest BCUT2D eigenvalue weighted by molar-refractivity contribution is -0.133. The zero-order valence-corrected chi connectivity index (χ0v) is 15.3. The number of likely N-dealkylation sites (N-methyl/N-ethyl adjacent to an activating group) is 1. The molecular formula is C19H29N3O2. The smallest absolute Gasteiger partial charge is 0.251 e. The summed E-state index contributed by atoms with van der Waals surface area (Å²) in [5.41, 5.74) is 2.90. The third-order valence-electron chi connectivity index (χ3n) is 4.62. The van der Waals surface area contributed by atoms with E-state index in [4.69, 9.17) is 0 Å². The minimum absolute atomic E-state index is 0.00930. The third kappa shape index (κ3) is 4.57. The number of hydrogen-bond acceptors (Lipinski definition) is 3. The Bertz CT molecular complexity index is 598. The van der Waals surface area contributed by atoms with Gasteiger partial charge in [0.05, 0.1) is 6.04 Å². The maximum absolute atomic E-state index is 12.2. The molecule has 24 heavy (non-hydrogen) atoms. The lowest BCUT2D eigenvalue weighted by Gasteiger charge is -2.26. The zero-order valence-electron chi connectivity index (χ0n) is 15.3. The van der Waals surface area contributed by atoms with Crippen LogP contribution in [0.15, 0.2) is 18.2 Å². The first kappa shape index (κ1) is 18.5. The van der Waals surface area contributed by atoms with Crippen LogP contribution in [0.5, 0.6) is 0 Å². The molecule has 1 saturated heterocycles. The largest absolute Gasteiger partial charge is 0.352 e. The number of nitrogens with one attached hydrogen (secondary N) is 1. The highest BCUT2D eigenvalue weighted by Gasteiger charge is 2.30. The van der Waals surface area contributed by atoms with Crippen LogP contribution in [0, 0.1) is 13.8 Å². The molecule has 132 valence electrons. The van der Waals surface area contributed by atoms with E-state index < -0.39 is 0 Å². The van der Waals surface area contributed by atoms with Crippen LogP contribution in [0.1, 0.15) is 40.7 Å². The number of carbonyl (C=O) groups is 2. The second-order valence-corrected chi connectivity index (χ2v) is 6.85. The molecular weight excluding hydrogens is 302 g/mol. The SMILES string of the molecule is Cc1ccc(C(=O)NCCCN2CCC[C@H]2C(=O)N(C)C)c(C)c1. The van der Waals surface area contributed by atoms with Gasteiger partial charge in [0.15, 0.2) is 0 Å². The molecule has 2 rings (SSSR count). The van der Waals surface area contributed by atoms with Gasteiger partial charge in [-0.05, 0) is 51.3 Å². The molecule has 1 heterocycles. The lowest BCUT2D eigenvalue weighted by atomic mass is 10.1. The number of benzene rings is 1. The average molecular weight is 331 g/mol. The second kappa shape index (κ2) is 8.29. The van der Waals surface area contributed by atoms with Crippen LogP contribution in [0.4, 0.5) is 0 Å². The first-order valence-electron chi connectivity index (χ1n) is 8.71. The summed E-state index contributed by atoms with van der Waals surface area (Å²) in [5, 5.41) is 2.99. The number of nitrogens with zero attached hydrogens (tertiary/aromatic N) is 2. The Hall–Kier alpha value is -1.88. The maximum atomic E-state index is 12.2. The van der Waals surface area contributed by atoms with E-state index in [0.717, 1.165) is 49.0 Å². The number of hydrogen-bond donors (Lipinski definition) is 1. The summed E-state index contributed by atoms with van der Waals surface area (Å²) in [4.78, 5) is 28.3. The quantitative estimate of drug-likeness (QED) is 0.811. The molecule has 0 spiro atoms. The van der Waals surface area contributed by atoms with Gasteiger partial charge in [0.1, 0.15) is 0 Å². The molecule has 0 aliphatic carbocycles. The van der Waals surface area contributed by atoms with Crippen LogP contribution in [-0.4, -0.2) is 61.4 Å². The van der Waals surface area contributed by atoms with Gasteiger partial charge in [0.25, 0.3) is 5.91 Å². The summed E-state index contributed by atoms with van der Waals surface area (Å²) in [7, 11) is 3.62. The normalized spacial score (nSPS) is 17.8. The Morgan fingerprint density at radius 1 is 1.29 bits per heavy atom. The number of likely N-dealkylation sites (tertiary alicyclic amines) is 1. The van der Waals surface area contributed by atoms with Gasteiger partial charge >= 0.3 is 0 Å². The Morgan fingerprint density at radius 3 is 2.71 bits per heavy atom. The number of carbonyl (C=O) groups excluding carboxylic acids is 2. The molecule has 1 aliphatic heterocycles. The first-order valence-corrected chi connectivity index (χ1v) is 8.71. The van der Waals surface area contributed by atoms with Crippen LogP contribution in [0.3, 0.4) is 0 Å². The number of aryl methyl sites for hydroxylation is 2. The van der Waals surface area contributed by atoms with Gasteiger partial charge in [-0.25, -0.2) is 0 Å².